The Morgan fingerprint density at radius 1 is 1.31 bits per heavy atom. The largest absolute Gasteiger partial charge is 0.425 e. The Bertz CT molecular complexity index is 385. The molecule has 4 N–H and O–H groups in total. The number of carbonyl (C=O) groups excluding carboxylic acids is 2. The van der Waals surface area contributed by atoms with Gasteiger partial charge in [0, 0.05) is 5.56 Å². The van der Waals surface area contributed by atoms with Crippen molar-refractivity contribution in [3.63, 3.8) is 0 Å². The van der Waals surface area contributed by atoms with Gasteiger partial charge in [-0.25, -0.2) is 4.79 Å². The number of esters is 1. The zero-order valence-electron chi connectivity index (χ0n) is 8.97. The van der Waals surface area contributed by atoms with Crippen LogP contribution in [0.1, 0.15) is 17.3 Å². The molecule has 0 fully saturated rings. The van der Waals surface area contributed by atoms with E-state index in [0.29, 0.717) is 11.3 Å². The summed E-state index contributed by atoms with van der Waals surface area (Å²) >= 11 is 0. The Morgan fingerprint density at radius 2 is 1.88 bits per heavy atom. The van der Waals surface area contributed by atoms with Crippen LogP contribution in [0.3, 0.4) is 0 Å². The van der Waals surface area contributed by atoms with Gasteiger partial charge < -0.3 is 16.2 Å². The topological polar surface area (TPSA) is 95.4 Å². The first kappa shape index (κ1) is 12.4. The average Bonchev–Trinajstić information content (AvgIpc) is 2.28. The van der Waals surface area contributed by atoms with Gasteiger partial charge in [0.1, 0.15) is 11.8 Å². The maximum atomic E-state index is 11.2. The van der Waals surface area contributed by atoms with Crippen LogP contribution in [0.25, 0.3) is 0 Å². The van der Waals surface area contributed by atoms with Crippen LogP contribution >= 0.6 is 0 Å². The summed E-state index contributed by atoms with van der Waals surface area (Å²) in [6.07, 6.45) is 0. The van der Waals surface area contributed by atoms with Crippen LogP contribution in [0.2, 0.25) is 0 Å². The summed E-state index contributed by atoms with van der Waals surface area (Å²) in [7, 11) is 0. The maximum Gasteiger partial charge on any atom is 0.328 e. The fraction of sp³-hybridized carbons (Fsp3) is 0.273. The number of ether oxygens (including phenoxy) is 1. The molecule has 1 aromatic carbocycles. The van der Waals surface area contributed by atoms with Gasteiger partial charge in [0.2, 0.25) is 0 Å². The molecular weight excluding hydrogens is 208 g/mol. The smallest absolute Gasteiger partial charge is 0.328 e. The number of hydrogen-bond donors (Lipinski definition) is 2. The minimum absolute atomic E-state index is 0.0427. The summed E-state index contributed by atoms with van der Waals surface area (Å²) < 4.78 is 4.94. The van der Waals surface area contributed by atoms with E-state index < -0.39 is 12.0 Å². The monoisotopic (exact) mass is 222 g/mol. The third-order valence-electron chi connectivity index (χ3n) is 1.95. The third kappa shape index (κ3) is 3.15. The van der Waals surface area contributed by atoms with E-state index in [1.54, 1.807) is 12.1 Å². The first-order valence-electron chi connectivity index (χ1n) is 4.85. The summed E-state index contributed by atoms with van der Waals surface area (Å²) in [5.41, 5.74) is 11.0. The summed E-state index contributed by atoms with van der Waals surface area (Å²) in [5.74, 6) is -0.321. The van der Waals surface area contributed by atoms with Crippen molar-refractivity contribution < 1.29 is 14.3 Å². The molecule has 0 aliphatic heterocycles. The summed E-state index contributed by atoms with van der Waals surface area (Å²) in [4.78, 5) is 22.4. The molecule has 5 nitrogen and oxygen atoms in total. The predicted octanol–water partition coefficient (Wildman–Crippen LogP) is 0.0806. The number of ketones is 1. The SMILES string of the molecule is C[C@H](N)C(=O)Oc1ccc(C(=O)CN)cc1. The molecule has 0 saturated carbocycles. The van der Waals surface area contributed by atoms with Crippen molar-refractivity contribution in [3.8, 4) is 5.75 Å². The minimum Gasteiger partial charge on any atom is -0.425 e. The molecule has 0 saturated heterocycles. The van der Waals surface area contributed by atoms with Gasteiger partial charge in [0.05, 0.1) is 6.54 Å². The number of Topliss-reactive ketones (excluding diaryl/α,β-unsaturated/α-hetero) is 1. The first-order chi connectivity index (χ1) is 7.54. The molecule has 5 heteroatoms. The molecule has 0 bridgehead atoms. The van der Waals surface area contributed by atoms with Crippen molar-refractivity contribution in [1.82, 2.24) is 0 Å². The van der Waals surface area contributed by atoms with Crippen LogP contribution in [-0.2, 0) is 4.79 Å². The lowest BCUT2D eigenvalue weighted by molar-refractivity contribution is -0.135. The van der Waals surface area contributed by atoms with Crippen molar-refractivity contribution in [2.45, 2.75) is 13.0 Å². The van der Waals surface area contributed by atoms with Crippen LogP contribution in [0.4, 0.5) is 0 Å². The molecule has 16 heavy (non-hydrogen) atoms. The van der Waals surface area contributed by atoms with Crippen LogP contribution < -0.4 is 16.2 Å². The average molecular weight is 222 g/mol. The molecule has 1 atom stereocenters. The van der Waals surface area contributed by atoms with E-state index in [1.165, 1.54) is 19.1 Å². The van der Waals surface area contributed by atoms with Crippen LogP contribution in [0.15, 0.2) is 24.3 Å². The van der Waals surface area contributed by atoms with Gasteiger partial charge in [-0.1, -0.05) is 0 Å². The first-order valence-corrected chi connectivity index (χ1v) is 4.85. The van der Waals surface area contributed by atoms with Gasteiger partial charge in [-0.15, -0.1) is 0 Å². The van der Waals surface area contributed by atoms with E-state index >= 15 is 0 Å². The highest BCUT2D eigenvalue weighted by Gasteiger charge is 2.10. The fourth-order valence-corrected chi connectivity index (χ4v) is 1.04. The highest BCUT2D eigenvalue weighted by Crippen LogP contribution is 2.12. The van der Waals surface area contributed by atoms with Gasteiger partial charge >= 0.3 is 5.97 Å². The van der Waals surface area contributed by atoms with Crippen LogP contribution in [-0.4, -0.2) is 24.3 Å². The molecule has 1 rings (SSSR count). The summed E-state index contributed by atoms with van der Waals surface area (Å²) in [6.45, 7) is 1.49. The summed E-state index contributed by atoms with van der Waals surface area (Å²) in [6, 6.07) is 5.50. The molecule has 0 spiro atoms. The van der Waals surface area contributed by atoms with Crippen molar-refractivity contribution in [2.24, 2.45) is 11.5 Å². The van der Waals surface area contributed by atoms with Gasteiger partial charge in [-0.2, -0.15) is 0 Å². The molecule has 0 aliphatic rings. The van der Waals surface area contributed by atoms with Gasteiger partial charge in [-0.3, -0.25) is 4.79 Å². The lowest BCUT2D eigenvalue weighted by Gasteiger charge is -2.06. The van der Waals surface area contributed by atoms with E-state index in [9.17, 15) is 9.59 Å². The number of carbonyl (C=O) groups is 2. The van der Waals surface area contributed by atoms with Gasteiger partial charge in [0.15, 0.2) is 5.78 Å². The lowest BCUT2D eigenvalue weighted by atomic mass is 10.1. The molecule has 0 radical (unpaired) electrons. The lowest BCUT2D eigenvalue weighted by Crippen LogP contribution is -2.30. The number of benzene rings is 1. The molecule has 0 heterocycles. The van der Waals surface area contributed by atoms with E-state index in [-0.39, 0.29) is 12.3 Å². The maximum absolute atomic E-state index is 11.2. The zero-order chi connectivity index (χ0) is 12.1. The van der Waals surface area contributed by atoms with Crippen molar-refractivity contribution in [1.29, 1.82) is 0 Å². The number of hydrogen-bond acceptors (Lipinski definition) is 5. The quantitative estimate of drug-likeness (QED) is 0.427. The predicted molar refractivity (Wildman–Crippen MR) is 59.1 cm³/mol. The molecule has 0 aromatic heterocycles. The second kappa shape index (κ2) is 5.39. The Morgan fingerprint density at radius 3 is 2.31 bits per heavy atom. The Hall–Kier alpha value is -1.72. The molecule has 1 aromatic rings. The van der Waals surface area contributed by atoms with Crippen molar-refractivity contribution in [3.05, 3.63) is 29.8 Å². The molecule has 0 unspecified atom stereocenters. The Balaban J connectivity index is 2.72. The normalized spacial score (nSPS) is 11.9. The number of nitrogens with two attached hydrogens (primary N) is 2. The van der Waals surface area contributed by atoms with Crippen LogP contribution in [0, 0.1) is 0 Å². The molecule has 0 amide bonds. The summed E-state index contributed by atoms with van der Waals surface area (Å²) in [5, 5.41) is 0. The second-order valence-corrected chi connectivity index (χ2v) is 3.36. The molecule has 0 aliphatic carbocycles. The highest BCUT2D eigenvalue weighted by atomic mass is 16.5. The standard InChI is InChI=1S/C11H14N2O3/c1-7(13)11(15)16-9-4-2-8(3-5-9)10(14)6-12/h2-5,7H,6,12-13H2,1H3/t7-/m0/s1. The third-order valence-corrected chi connectivity index (χ3v) is 1.95. The van der Waals surface area contributed by atoms with E-state index in [1.807, 2.05) is 0 Å². The minimum atomic E-state index is -0.676. The van der Waals surface area contributed by atoms with Crippen molar-refractivity contribution in [2.75, 3.05) is 6.54 Å². The number of rotatable bonds is 4. The fourth-order valence-electron chi connectivity index (χ4n) is 1.04. The van der Waals surface area contributed by atoms with Crippen molar-refractivity contribution >= 4 is 11.8 Å². The zero-order valence-corrected chi connectivity index (χ0v) is 8.97. The van der Waals surface area contributed by atoms with Crippen LogP contribution in [0.5, 0.6) is 5.75 Å². The van der Waals surface area contributed by atoms with Gasteiger partial charge in [0.25, 0.3) is 0 Å². The Labute approximate surface area is 93.4 Å². The Kier molecular flexibility index (Phi) is 4.16. The van der Waals surface area contributed by atoms with Gasteiger partial charge in [-0.05, 0) is 31.2 Å². The van der Waals surface area contributed by atoms with E-state index in [2.05, 4.69) is 0 Å². The molecular formula is C11H14N2O3. The molecule has 86 valence electrons. The second-order valence-electron chi connectivity index (χ2n) is 3.36. The van der Waals surface area contributed by atoms with E-state index in [0.717, 1.165) is 0 Å². The highest BCUT2D eigenvalue weighted by molar-refractivity contribution is 5.97. The van der Waals surface area contributed by atoms with E-state index in [4.69, 9.17) is 16.2 Å².